The highest BCUT2D eigenvalue weighted by molar-refractivity contribution is 5.86. The third-order valence-electron chi connectivity index (χ3n) is 4.23. The highest BCUT2D eigenvalue weighted by Crippen LogP contribution is 2.34. The number of aliphatic imine (C=N–C) groups is 1. The summed E-state index contributed by atoms with van der Waals surface area (Å²) in [5, 5.41) is 10.5. The summed E-state index contributed by atoms with van der Waals surface area (Å²) in [7, 11) is 0. The Kier molecular flexibility index (Phi) is 4.52. The largest absolute Gasteiger partial charge is 0.507 e. The van der Waals surface area contributed by atoms with Gasteiger partial charge in [0.05, 0.1) is 0 Å². The van der Waals surface area contributed by atoms with Crippen LogP contribution in [0.25, 0.3) is 0 Å². The van der Waals surface area contributed by atoms with E-state index < -0.39 is 0 Å². The minimum absolute atomic E-state index is 0.0504. The predicted molar refractivity (Wildman–Crippen MR) is 86.0 cm³/mol. The van der Waals surface area contributed by atoms with Crippen molar-refractivity contribution in [1.82, 2.24) is 0 Å². The van der Waals surface area contributed by atoms with Gasteiger partial charge in [0, 0.05) is 17.8 Å². The summed E-state index contributed by atoms with van der Waals surface area (Å²) < 4.78 is 0. The number of nitrogens with zero attached hydrogens (tertiary/aromatic N) is 1. The van der Waals surface area contributed by atoms with Gasteiger partial charge in [-0.05, 0) is 36.3 Å². The van der Waals surface area contributed by atoms with Crippen LogP contribution >= 0.6 is 0 Å². The van der Waals surface area contributed by atoms with E-state index in [1.807, 2.05) is 19.2 Å². The summed E-state index contributed by atoms with van der Waals surface area (Å²) in [4.78, 5) is 4.71. The molecule has 0 heterocycles. The van der Waals surface area contributed by atoms with Crippen molar-refractivity contribution in [2.45, 2.75) is 71.3 Å². The number of benzene rings is 1. The molecular weight excluding hydrogens is 246 g/mol. The maximum Gasteiger partial charge on any atom is 0.128 e. The average Bonchev–Trinajstić information content (AvgIpc) is 2.38. The quantitative estimate of drug-likeness (QED) is 0.775. The van der Waals surface area contributed by atoms with E-state index >= 15 is 0 Å². The van der Waals surface area contributed by atoms with Gasteiger partial charge in [-0.1, -0.05) is 52.2 Å². The molecule has 0 unspecified atom stereocenters. The second kappa shape index (κ2) is 5.99. The van der Waals surface area contributed by atoms with Crippen LogP contribution < -0.4 is 0 Å². The van der Waals surface area contributed by atoms with E-state index in [1.165, 1.54) is 32.1 Å². The van der Waals surface area contributed by atoms with Gasteiger partial charge in [-0.25, -0.2) is 0 Å². The van der Waals surface area contributed by atoms with Gasteiger partial charge < -0.3 is 5.11 Å². The van der Waals surface area contributed by atoms with E-state index in [-0.39, 0.29) is 5.41 Å². The van der Waals surface area contributed by atoms with Gasteiger partial charge in [0.15, 0.2) is 0 Å². The Labute approximate surface area is 122 Å². The lowest BCUT2D eigenvalue weighted by molar-refractivity contribution is 0.441. The van der Waals surface area contributed by atoms with Crippen molar-refractivity contribution < 1.29 is 5.11 Å². The highest BCUT2D eigenvalue weighted by Gasteiger charge is 2.20. The summed E-state index contributed by atoms with van der Waals surface area (Å²) in [6, 6.07) is 4.56. The molecule has 0 aliphatic heterocycles. The summed E-state index contributed by atoms with van der Waals surface area (Å²) in [6.45, 7) is 8.41. The number of aromatic hydroxyl groups is 1. The SMILES string of the molecule is Cc1ccc(C(C)(C)C)c(O)c1C=NC1CCCCC1. The third kappa shape index (κ3) is 3.41. The number of hydrogen-bond donors (Lipinski definition) is 1. The van der Waals surface area contributed by atoms with Crippen molar-refractivity contribution in [2.75, 3.05) is 0 Å². The number of phenols is 1. The van der Waals surface area contributed by atoms with Crippen LogP contribution in [0.3, 0.4) is 0 Å². The molecule has 20 heavy (non-hydrogen) atoms. The molecule has 0 atom stereocenters. The molecule has 1 aromatic carbocycles. The van der Waals surface area contributed by atoms with Gasteiger partial charge in [0.25, 0.3) is 0 Å². The first-order valence-corrected chi connectivity index (χ1v) is 7.76. The topological polar surface area (TPSA) is 32.6 Å². The zero-order valence-corrected chi connectivity index (χ0v) is 13.2. The molecule has 0 saturated heterocycles. The van der Waals surface area contributed by atoms with Crippen LogP contribution in [-0.4, -0.2) is 17.4 Å². The number of hydrogen-bond acceptors (Lipinski definition) is 2. The number of phenolic OH excluding ortho intramolecular Hbond substituents is 1. The molecule has 2 rings (SSSR count). The molecule has 2 nitrogen and oxygen atoms in total. The fourth-order valence-corrected chi connectivity index (χ4v) is 2.89. The minimum atomic E-state index is -0.0504. The van der Waals surface area contributed by atoms with Gasteiger partial charge in [0.1, 0.15) is 5.75 Å². The summed E-state index contributed by atoms with van der Waals surface area (Å²) in [5.41, 5.74) is 2.93. The lowest BCUT2D eigenvalue weighted by Gasteiger charge is -2.22. The molecule has 0 radical (unpaired) electrons. The standard InChI is InChI=1S/C18H27NO/c1-13-10-11-16(18(2,3)4)17(20)15(13)12-19-14-8-6-5-7-9-14/h10-12,14,20H,5-9H2,1-4H3. The fourth-order valence-electron chi connectivity index (χ4n) is 2.89. The molecule has 1 aliphatic carbocycles. The molecule has 1 fully saturated rings. The molecule has 1 aliphatic rings. The first-order valence-electron chi connectivity index (χ1n) is 7.76. The summed E-state index contributed by atoms with van der Waals surface area (Å²) in [6.07, 6.45) is 8.19. The molecule has 0 spiro atoms. The van der Waals surface area contributed by atoms with E-state index in [0.29, 0.717) is 11.8 Å². The Morgan fingerprint density at radius 1 is 1.15 bits per heavy atom. The van der Waals surface area contributed by atoms with Crippen LogP contribution in [0.4, 0.5) is 0 Å². The smallest absolute Gasteiger partial charge is 0.128 e. The van der Waals surface area contributed by atoms with E-state index in [4.69, 9.17) is 4.99 Å². The molecule has 1 N–H and O–H groups in total. The minimum Gasteiger partial charge on any atom is -0.507 e. The summed E-state index contributed by atoms with van der Waals surface area (Å²) >= 11 is 0. The normalized spacial score (nSPS) is 17.8. The van der Waals surface area contributed by atoms with Crippen molar-refractivity contribution in [3.63, 3.8) is 0 Å². The Morgan fingerprint density at radius 3 is 2.40 bits per heavy atom. The van der Waals surface area contributed by atoms with E-state index in [1.54, 1.807) is 0 Å². The van der Waals surface area contributed by atoms with Gasteiger partial charge in [-0.3, -0.25) is 4.99 Å². The van der Waals surface area contributed by atoms with Crippen LogP contribution in [0.1, 0.15) is 69.6 Å². The van der Waals surface area contributed by atoms with Gasteiger partial charge in [-0.15, -0.1) is 0 Å². The highest BCUT2D eigenvalue weighted by atomic mass is 16.3. The molecule has 0 bridgehead atoms. The maximum atomic E-state index is 10.5. The van der Waals surface area contributed by atoms with Crippen molar-refractivity contribution in [3.05, 3.63) is 28.8 Å². The average molecular weight is 273 g/mol. The van der Waals surface area contributed by atoms with Crippen molar-refractivity contribution in [2.24, 2.45) is 4.99 Å². The first-order chi connectivity index (χ1) is 9.39. The first kappa shape index (κ1) is 15.1. The zero-order valence-electron chi connectivity index (χ0n) is 13.2. The Morgan fingerprint density at radius 2 is 1.80 bits per heavy atom. The fraction of sp³-hybridized carbons (Fsp3) is 0.611. The molecule has 0 amide bonds. The molecule has 110 valence electrons. The van der Waals surface area contributed by atoms with Crippen molar-refractivity contribution in [3.8, 4) is 5.75 Å². The predicted octanol–water partition coefficient (Wildman–Crippen LogP) is 4.75. The Bertz CT molecular complexity index is 491. The Hall–Kier alpha value is -1.31. The molecule has 0 aromatic heterocycles. The molecule has 2 heteroatoms. The van der Waals surface area contributed by atoms with Crippen molar-refractivity contribution in [1.29, 1.82) is 0 Å². The van der Waals surface area contributed by atoms with Crippen LogP contribution in [0, 0.1) is 6.92 Å². The van der Waals surface area contributed by atoms with E-state index in [0.717, 1.165) is 16.7 Å². The van der Waals surface area contributed by atoms with Crippen LogP contribution in [0.5, 0.6) is 5.75 Å². The van der Waals surface area contributed by atoms with Crippen LogP contribution in [-0.2, 0) is 5.41 Å². The zero-order chi connectivity index (χ0) is 14.8. The molecule has 1 saturated carbocycles. The van der Waals surface area contributed by atoms with Crippen LogP contribution in [0.2, 0.25) is 0 Å². The third-order valence-corrected chi connectivity index (χ3v) is 4.23. The number of aryl methyl sites for hydroxylation is 1. The van der Waals surface area contributed by atoms with Gasteiger partial charge >= 0.3 is 0 Å². The van der Waals surface area contributed by atoms with Crippen LogP contribution in [0.15, 0.2) is 17.1 Å². The second-order valence-corrected chi connectivity index (χ2v) is 7.01. The van der Waals surface area contributed by atoms with Gasteiger partial charge in [0.2, 0.25) is 0 Å². The Balaban J connectivity index is 2.28. The second-order valence-electron chi connectivity index (χ2n) is 7.01. The lowest BCUT2D eigenvalue weighted by Crippen LogP contribution is -2.13. The summed E-state index contributed by atoms with van der Waals surface area (Å²) in [5.74, 6) is 0.400. The monoisotopic (exact) mass is 273 g/mol. The van der Waals surface area contributed by atoms with Crippen molar-refractivity contribution >= 4 is 6.21 Å². The van der Waals surface area contributed by atoms with E-state index in [9.17, 15) is 5.11 Å². The lowest BCUT2D eigenvalue weighted by atomic mass is 9.84. The van der Waals surface area contributed by atoms with E-state index in [2.05, 4.69) is 26.8 Å². The molecule has 1 aromatic rings. The molecular formula is C18H27NO. The maximum absolute atomic E-state index is 10.5. The van der Waals surface area contributed by atoms with Gasteiger partial charge in [-0.2, -0.15) is 0 Å². The number of rotatable bonds is 2.